The molecule has 0 aliphatic carbocycles. The van der Waals surface area contributed by atoms with Crippen LogP contribution in [0, 0.1) is 13.8 Å². The maximum Gasteiger partial charge on any atom is 0.263 e. The average Bonchev–Trinajstić information content (AvgIpc) is 3.70. The van der Waals surface area contributed by atoms with E-state index in [1.165, 1.54) is 9.13 Å². The molecule has 8 heteroatoms. The molecule has 8 nitrogen and oxygen atoms in total. The van der Waals surface area contributed by atoms with Crippen molar-refractivity contribution in [3.63, 3.8) is 0 Å². The average molecular weight is 481 g/mol. The van der Waals surface area contributed by atoms with Gasteiger partial charge in [-0.2, -0.15) is 0 Å². The van der Waals surface area contributed by atoms with Crippen LogP contribution in [0.5, 0.6) is 0 Å². The third-order valence-electron chi connectivity index (χ3n) is 6.47. The maximum atomic E-state index is 12.7. The van der Waals surface area contributed by atoms with Crippen LogP contribution in [0.4, 0.5) is 0 Å². The highest BCUT2D eigenvalue weighted by Gasteiger charge is 2.17. The van der Waals surface area contributed by atoms with Crippen molar-refractivity contribution in [2.75, 3.05) is 0 Å². The monoisotopic (exact) mass is 480 g/mol. The van der Waals surface area contributed by atoms with E-state index in [4.69, 9.17) is 0 Å². The third-order valence-corrected chi connectivity index (χ3v) is 6.47. The highest BCUT2D eigenvalue weighted by Crippen LogP contribution is 2.22. The molecule has 6 rings (SSSR count). The highest BCUT2D eigenvalue weighted by atomic mass is 16.2. The first-order valence-corrected chi connectivity index (χ1v) is 11.6. The number of aromatic nitrogens is 4. The van der Waals surface area contributed by atoms with E-state index in [0.717, 1.165) is 22.2 Å². The summed E-state index contributed by atoms with van der Waals surface area (Å²) in [5, 5.41) is 1.06. The summed E-state index contributed by atoms with van der Waals surface area (Å²) in [6.07, 6.45) is 10.7. The molecule has 0 N–H and O–H groups in total. The van der Waals surface area contributed by atoms with Crippen molar-refractivity contribution in [3.8, 4) is 0 Å². The number of hydrogen-bond donors (Lipinski definition) is 0. The molecule has 0 fully saturated rings. The zero-order valence-corrected chi connectivity index (χ0v) is 19.9. The maximum absolute atomic E-state index is 12.7. The van der Waals surface area contributed by atoms with E-state index in [1.807, 2.05) is 38.1 Å². The van der Waals surface area contributed by atoms with Crippen LogP contribution >= 0.6 is 0 Å². The number of carbonyl (C=O) groups is 2. The molecular weight excluding hydrogens is 456 g/mol. The summed E-state index contributed by atoms with van der Waals surface area (Å²) in [7, 11) is 0. The van der Waals surface area contributed by atoms with Gasteiger partial charge in [-0.25, -0.2) is 0 Å². The fourth-order valence-electron chi connectivity index (χ4n) is 4.61. The van der Waals surface area contributed by atoms with Gasteiger partial charge in [-0.05, 0) is 73.5 Å². The van der Waals surface area contributed by atoms with E-state index < -0.39 is 0 Å². The Morgan fingerprint density at radius 3 is 1.31 bits per heavy atom. The number of fused-ring (bicyclic) bond motifs is 3. The molecule has 0 aliphatic heterocycles. The van der Waals surface area contributed by atoms with Crippen LogP contribution < -0.4 is 11.1 Å². The number of hydrogen-bond acceptors (Lipinski definition) is 4. The van der Waals surface area contributed by atoms with Gasteiger partial charge in [-0.1, -0.05) is 0 Å². The van der Waals surface area contributed by atoms with Gasteiger partial charge in [-0.15, -0.1) is 0 Å². The minimum absolute atomic E-state index is 0.0643. The van der Waals surface area contributed by atoms with Gasteiger partial charge in [0.15, 0.2) is 0 Å². The summed E-state index contributed by atoms with van der Waals surface area (Å²) in [4.78, 5) is 48.5. The zero-order chi connectivity index (χ0) is 25.4. The first kappa shape index (κ1) is 23.0. The molecule has 0 atom stereocenters. The van der Waals surface area contributed by atoms with Crippen molar-refractivity contribution >= 4 is 33.6 Å². The molecule has 0 aromatic carbocycles. The molecule has 6 aromatic heterocycles. The lowest BCUT2D eigenvalue weighted by Gasteiger charge is -2.09. The molecule has 0 aliphatic rings. The molecule has 0 saturated heterocycles. The second kappa shape index (κ2) is 9.14. The van der Waals surface area contributed by atoms with Crippen molar-refractivity contribution < 1.29 is 9.59 Å². The predicted octanol–water partition coefficient (Wildman–Crippen LogP) is 4.17. The van der Waals surface area contributed by atoms with Gasteiger partial charge in [0.05, 0.1) is 21.8 Å². The highest BCUT2D eigenvalue weighted by molar-refractivity contribution is 5.95. The van der Waals surface area contributed by atoms with E-state index in [2.05, 4.69) is 0 Å². The summed E-state index contributed by atoms with van der Waals surface area (Å²) in [6.45, 7) is 3.79. The summed E-state index contributed by atoms with van der Waals surface area (Å²) in [5.41, 5.74) is 3.06. The van der Waals surface area contributed by atoms with Crippen molar-refractivity contribution in [3.05, 3.63) is 118 Å². The Kier molecular flexibility index (Phi) is 5.85. The number of pyridine rings is 2. The van der Waals surface area contributed by atoms with Crippen LogP contribution in [0.3, 0.4) is 0 Å². The van der Waals surface area contributed by atoms with Crippen LogP contribution in [-0.4, -0.2) is 29.7 Å². The largest absolute Gasteiger partial charge is 0.295 e. The van der Waals surface area contributed by atoms with E-state index in [0.29, 0.717) is 10.8 Å². The molecule has 0 unspecified atom stereocenters. The normalized spacial score (nSPS) is 11.2. The van der Waals surface area contributed by atoms with Crippen LogP contribution in [-0.2, 0) is 0 Å². The molecule has 0 spiro atoms. The van der Waals surface area contributed by atoms with Crippen molar-refractivity contribution in [1.29, 1.82) is 0 Å². The minimum atomic E-state index is -0.121. The number of aryl methyl sites for hydroxylation is 2. The van der Waals surface area contributed by atoms with E-state index in [1.54, 1.807) is 70.2 Å². The van der Waals surface area contributed by atoms with Crippen molar-refractivity contribution in [2.24, 2.45) is 0 Å². The number of nitrogens with zero attached hydrogens (tertiary/aromatic N) is 4. The van der Waals surface area contributed by atoms with Crippen molar-refractivity contribution in [1.82, 2.24) is 17.9 Å². The van der Waals surface area contributed by atoms with Crippen LogP contribution in [0.1, 0.15) is 33.6 Å². The van der Waals surface area contributed by atoms with E-state index in [-0.39, 0.29) is 35.8 Å². The van der Waals surface area contributed by atoms with Crippen molar-refractivity contribution in [2.45, 2.75) is 26.7 Å². The number of carbonyl (C=O) groups excluding carboxylic acids is 2. The predicted molar refractivity (Wildman–Crippen MR) is 138 cm³/mol. The first-order valence-electron chi connectivity index (χ1n) is 11.6. The zero-order valence-electron chi connectivity index (χ0n) is 19.9. The topological polar surface area (TPSA) is 87.0 Å². The standard InChI is InChI=1S/C16H12N2O2.C12H12N2O2/c1-9-11-5-3-7-17(11)16(20)14-10(2)12-6-4-8-18(12)15(19)13(9)14;15-11(13-7-1-2-8-13)5-6-12(16)14-9-3-4-10-14/h3-8H,1-2H3;1-4,7-10H,5-6H2. The van der Waals surface area contributed by atoms with Crippen LogP contribution in [0.2, 0.25) is 0 Å². The van der Waals surface area contributed by atoms with Gasteiger partial charge in [0.2, 0.25) is 11.8 Å². The van der Waals surface area contributed by atoms with Gasteiger partial charge in [0, 0.05) is 50.0 Å². The lowest BCUT2D eigenvalue weighted by Crippen LogP contribution is -2.22. The van der Waals surface area contributed by atoms with Gasteiger partial charge >= 0.3 is 0 Å². The number of rotatable bonds is 3. The Morgan fingerprint density at radius 1 is 0.583 bits per heavy atom. The third kappa shape index (κ3) is 3.82. The first-order chi connectivity index (χ1) is 17.4. The smallest absolute Gasteiger partial charge is 0.263 e. The molecule has 0 amide bonds. The molecule has 6 aromatic rings. The van der Waals surface area contributed by atoms with E-state index in [9.17, 15) is 19.2 Å². The SMILES string of the molecule is Cc1c2c(=O)n3cccc3c(C)c2c(=O)n2cccc12.O=C(CCC(=O)n1cccc1)n1cccc1. The Labute approximate surface area is 205 Å². The Bertz CT molecular complexity index is 1690. The molecule has 180 valence electrons. The molecule has 6 heterocycles. The Balaban J connectivity index is 0.000000152. The molecule has 0 bridgehead atoms. The lowest BCUT2D eigenvalue weighted by molar-refractivity contribution is 0.0831. The van der Waals surface area contributed by atoms with E-state index >= 15 is 0 Å². The van der Waals surface area contributed by atoms with Crippen LogP contribution in [0.25, 0.3) is 21.8 Å². The Hall–Kier alpha value is -4.72. The molecular formula is C28H24N4O4. The van der Waals surface area contributed by atoms with Gasteiger partial charge in [-0.3, -0.25) is 37.1 Å². The van der Waals surface area contributed by atoms with Gasteiger partial charge in [0.1, 0.15) is 0 Å². The lowest BCUT2D eigenvalue weighted by atomic mass is 10.0. The minimum Gasteiger partial charge on any atom is -0.295 e. The van der Waals surface area contributed by atoms with Crippen LogP contribution in [0.15, 0.2) is 95.3 Å². The summed E-state index contributed by atoms with van der Waals surface area (Å²) < 4.78 is 6.21. The summed E-state index contributed by atoms with van der Waals surface area (Å²) in [5.74, 6) is -0.129. The van der Waals surface area contributed by atoms with Gasteiger partial charge in [0.25, 0.3) is 11.1 Å². The Morgan fingerprint density at radius 2 is 0.944 bits per heavy atom. The molecule has 0 radical (unpaired) electrons. The second-order valence-corrected chi connectivity index (χ2v) is 8.61. The fraction of sp³-hybridized carbons (Fsp3) is 0.143. The fourth-order valence-corrected chi connectivity index (χ4v) is 4.61. The second-order valence-electron chi connectivity index (χ2n) is 8.61. The molecule has 0 saturated carbocycles. The molecule has 36 heavy (non-hydrogen) atoms. The summed E-state index contributed by atoms with van der Waals surface area (Å²) in [6, 6.07) is 14.5. The summed E-state index contributed by atoms with van der Waals surface area (Å²) >= 11 is 0. The van der Waals surface area contributed by atoms with Gasteiger partial charge < -0.3 is 0 Å². The quantitative estimate of drug-likeness (QED) is 0.380.